The predicted octanol–water partition coefficient (Wildman–Crippen LogP) is 4.98. The summed E-state index contributed by atoms with van der Waals surface area (Å²) in [5, 5.41) is 4.07. The number of anilines is 1. The second-order valence-electron chi connectivity index (χ2n) is 7.01. The molecule has 0 atom stereocenters. The predicted molar refractivity (Wildman–Crippen MR) is 124 cm³/mol. The summed E-state index contributed by atoms with van der Waals surface area (Å²) in [7, 11) is 2.15. The molecule has 0 bridgehead atoms. The van der Waals surface area contributed by atoms with Gasteiger partial charge in [0.25, 0.3) is 0 Å². The van der Waals surface area contributed by atoms with Crippen molar-refractivity contribution < 1.29 is 20.1 Å². The van der Waals surface area contributed by atoms with Crippen LogP contribution in [0.15, 0.2) is 91.3 Å². The number of benzene rings is 3. The Morgan fingerprint density at radius 3 is 2.19 bits per heavy atom. The van der Waals surface area contributed by atoms with Crippen LogP contribution in [0.25, 0.3) is 16.8 Å². The van der Waals surface area contributed by atoms with Crippen LogP contribution in [-0.4, -0.2) is 41.5 Å². The maximum Gasteiger partial charge on any atom is 3.00 e. The van der Waals surface area contributed by atoms with Crippen molar-refractivity contribution in [2.24, 2.45) is 0 Å². The standard InChI is InChI=1S/C16H17N2.C9H7N2.CH3.Ir/c1-17-11-12-18(13-17)16-9-7-15(8-10-16)14-5-3-2-4-6-14;1-2-5-9(6-3-1)11-8-4-7-10-11;;/h2-9H,11-13H2,1H3;1-5,7-8H;1H3;/q3*-1;+3. The Bertz CT molecular complexity index is 987. The summed E-state index contributed by atoms with van der Waals surface area (Å²) in [5.41, 5.74) is 4.64. The SMILES string of the molecule is CN1CCN(c2[c-]cc(-c3ccccc3)cc2)C1.[CH3-].[Ir+3].[c-]1ccccc1-n1cccn1. The zero-order valence-electron chi connectivity index (χ0n) is 17.9. The normalized spacial score (nSPS) is 12.9. The molecule has 0 amide bonds. The first-order valence-electron chi connectivity index (χ1n) is 9.77. The van der Waals surface area contributed by atoms with Crippen LogP contribution in [-0.2, 0) is 20.1 Å². The number of likely N-dealkylation sites (N-methyl/N-ethyl adjacent to an activating group) is 1. The van der Waals surface area contributed by atoms with Gasteiger partial charge in [-0.3, -0.25) is 9.58 Å². The van der Waals surface area contributed by atoms with E-state index >= 15 is 0 Å². The van der Waals surface area contributed by atoms with Gasteiger partial charge in [-0.25, -0.2) is 0 Å². The van der Waals surface area contributed by atoms with E-state index in [0.717, 1.165) is 25.4 Å². The first-order valence-corrected chi connectivity index (χ1v) is 9.77. The number of para-hydroxylation sites is 1. The second kappa shape index (κ2) is 12.2. The summed E-state index contributed by atoms with van der Waals surface area (Å²) in [4.78, 5) is 4.67. The smallest absolute Gasteiger partial charge is 0.380 e. The largest absolute Gasteiger partial charge is 3.00 e. The third-order valence-electron chi connectivity index (χ3n) is 4.85. The van der Waals surface area contributed by atoms with Crippen LogP contribution in [0.3, 0.4) is 0 Å². The topological polar surface area (TPSA) is 24.3 Å². The van der Waals surface area contributed by atoms with Crippen LogP contribution < -0.4 is 4.90 Å². The number of hydrogen-bond donors (Lipinski definition) is 0. The second-order valence-corrected chi connectivity index (χ2v) is 7.01. The summed E-state index contributed by atoms with van der Waals surface area (Å²) < 4.78 is 1.78. The van der Waals surface area contributed by atoms with Gasteiger partial charge in [0.15, 0.2) is 0 Å². The molecule has 0 N–H and O–H groups in total. The van der Waals surface area contributed by atoms with Crippen molar-refractivity contribution in [3.8, 4) is 16.8 Å². The van der Waals surface area contributed by atoms with Gasteiger partial charge in [0, 0.05) is 25.5 Å². The average molecular weight is 588 g/mol. The monoisotopic (exact) mass is 588 g/mol. The molecule has 1 aliphatic heterocycles. The van der Waals surface area contributed by atoms with Gasteiger partial charge in [-0.2, -0.15) is 47.6 Å². The fourth-order valence-corrected chi connectivity index (χ4v) is 3.28. The number of aromatic nitrogens is 2. The molecule has 4 aromatic rings. The fourth-order valence-electron chi connectivity index (χ4n) is 3.28. The molecule has 0 aliphatic carbocycles. The molecule has 3 aromatic carbocycles. The zero-order valence-corrected chi connectivity index (χ0v) is 20.3. The van der Waals surface area contributed by atoms with Gasteiger partial charge >= 0.3 is 20.1 Å². The van der Waals surface area contributed by atoms with Crippen LogP contribution >= 0.6 is 0 Å². The van der Waals surface area contributed by atoms with Crippen molar-refractivity contribution in [3.63, 3.8) is 0 Å². The van der Waals surface area contributed by atoms with Crippen LogP contribution in [0.1, 0.15) is 0 Å². The Hall–Kier alpha value is -2.72. The summed E-state index contributed by atoms with van der Waals surface area (Å²) in [5.74, 6) is 0. The van der Waals surface area contributed by atoms with E-state index in [-0.39, 0.29) is 27.5 Å². The van der Waals surface area contributed by atoms with Gasteiger partial charge < -0.3 is 12.3 Å². The maximum absolute atomic E-state index is 4.07. The van der Waals surface area contributed by atoms with Crippen molar-refractivity contribution in [2.75, 3.05) is 31.7 Å². The third kappa shape index (κ3) is 6.63. The molecule has 1 fully saturated rings. The van der Waals surface area contributed by atoms with Gasteiger partial charge in [0.1, 0.15) is 0 Å². The van der Waals surface area contributed by atoms with Crippen molar-refractivity contribution in [1.82, 2.24) is 14.7 Å². The summed E-state index contributed by atoms with van der Waals surface area (Å²) in [6.45, 7) is 3.23. The molecule has 1 saturated heterocycles. The summed E-state index contributed by atoms with van der Waals surface area (Å²) in [6, 6.07) is 33.0. The minimum Gasteiger partial charge on any atom is -0.380 e. The molecule has 5 rings (SSSR count). The minimum absolute atomic E-state index is 0. The molecule has 1 aromatic heterocycles. The molecule has 0 radical (unpaired) electrons. The summed E-state index contributed by atoms with van der Waals surface area (Å²) in [6.07, 6.45) is 3.65. The Morgan fingerprint density at radius 2 is 1.61 bits per heavy atom. The van der Waals surface area contributed by atoms with Gasteiger partial charge in [0.05, 0.1) is 6.67 Å². The quantitative estimate of drug-likeness (QED) is 0.316. The van der Waals surface area contributed by atoms with Crippen molar-refractivity contribution in [3.05, 3.63) is 111 Å². The maximum atomic E-state index is 4.07. The number of nitrogens with zero attached hydrogens (tertiary/aromatic N) is 4. The molecule has 5 heteroatoms. The van der Waals surface area contributed by atoms with Gasteiger partial charge in [0.2, 0.25) is 0 Å². The van der Waals surface area contributed by atoms with Crippen LogP contribution in [0.4, 0.5) is 5.69 Å². The van der Waals surface area contributed by atoms with E-state index in [4.69, 9.17) is 0 Å². The minimum atomic E-state index is 0. The molecule has 4 nitrogen and oxygen atoms in total. The van der Waals surface area contributed by atoms with E-state index in [1.165, 1.54) is 16.8 Å². The Kier molecular flexibility index (Phi) is 9.67. The average Bonchev–Trinajstić information content (AvgIpc) is 3.48. The van der Waals surface area contributed by atoms with Gasteiger partial charge in [-0.1, -0.05) is 41.6 Å². The molecule has 0 saturated carbocycles. The molecule has 2 heterocycles. The molecule has 160 valence electrons. The molecular weight excluding hydrogens is 561 g/mol. The van der Waals surface area contributed by atoms with E-state index in [9.17, 15) is 0 Å². The van der Waals surface area contributed by atoms with Gasteiger partial charge in [-0.05, 0) is 18.8 Å². The van der Waals surface area contributed by atoms with Crippen molar-refractivity contribution in [2.45, 2.75) is 0 Å². The molecule has 1 aliphatic rings. The number of rotatable bonds is 3. The van der Waals surface area contributed by atoms with Crippen LogP contribution in [0, 0.1) is 19.6 Å². The number of hydrogen-bond acceptors (Lipinski definition) is 3. The molecule has 0 spiro atoms. The molecule has 0 unspecified atom stereocenters. The van der Waals surface area contributed by atoms with E-state index < -0.39 is 0 Å². The van der Waals surface area contributed by atoms with E-state index in [1.807, 2.05) is 42.6 Å². The zero-order chi connectivity index (χ0) is 19.9. The first kappa shape index (κ1) is 24.5. The van der Waals surface area contributed by atoms with Crippen molar-refractivity contribution in [1.29, 1.82) is 0 Å². The van der Waals surface area contributed by atoms with E-state index in [2.05, 4.69) is 76.5 Å². The summed E-state index contributed by atoms with van der Waals surface area (Å²) >= 11 is 0. The third-order valence-corrected chi connectivity index (χ3v) is 4.85. The molecule has 31 heavy (non-hydrogen) atoms. The Labute approximate surface area is 199 Å². The van der Waals surface area contributed by atoms with E-state index in [1.54, 1.807) is 10.9 Å². The van der Waals surface area contributed by atoms with Crippen LogP contribution in [0.2, 0.25) is 0 Å². The fraction of sp³-hybridized carbons (Fsp3) is 0.154. The van der Waals surface area contributed by atoms with Crippen molar-refractivity contribution >= 4 is 5.69 Å². The first-order chi connectivity index (χ1) is 14.3. The van der Waals surface area contributed by atoms with Gasteiger partial charge in [-0.15, -0.1) is 17.7 Å². The Morgan fingerprint density at radius 1 is 0.806 bits per heavy atom. The van der Waals surface area contributed by atoms with Crippen LogP contribution in [0.5, 0.6) is 0 Å². The Balaban J connectivity index is 0.000000228. The molecular formula is C26H27IrN4. The van der Waals surface area contributed by atoms with E-state index in [0.29, 0.717) is 0 Å².